The first kappa shape index (κ1) is 17.0. The van der Waals surface area contributed by atoms with Crippen molar-refractivity contribution in [1.29, 1.82) is 0 Å². The van der Waals surface area contributed by atoms with Crippen molar-refractivity contribution in [2.75, 3.05) is 19.4 Å². The molecule has 5 nitrogen and oxygen atoms in total. The molecule has 2 atom stereocenters. The van der Waals surface area contributed by atoms with Crippen LogP contribution in [0.5, 0.6) is 0 Å². The summed E-state index contributed by atoms with van der Waals surface area (Å²) in [5, 5.41) is 6.60. The summed E-state index contributed by atoms with van der Waals surface area (Å²) in [6.07, 6.45) is 5.76. The maximum Gasteiger partial charge on any atom is 0.226 e. The fourth-order valence-corrected chi connectivity index (χ4v) is 3.85. The van der Waals surface area contributed by atoms with Crippen molar-refractivity contribution in [2.24, 2.45) is 5.92 Å². The molecule has 0 aromatic heterocycles. The molecule has 0 aliphatic carbocycles. The molecule has 2 aliphatic heterocycles. The summed E-state index contributed by atoms with van der Waals surface area (Å²) in [4.78, 5) is 25.6. The van der Waals surface area contributed by atoms with E-state index in [2.05, 4.69) is 10.6 Å². The minimum Gasteiger partial charge on any atom is -0.349 e. The van der Waals surface area contributed by atoms with Crippen LogP contribution in [-0.2, 0) is 16.0 Å². The van der Waals surface area contributed by atoms with Crippen molar-refractivity contribution >= 4 is 17.5 Å². The molecule has 3 rings (SSSR count). The van der Waals surface area contributed by atoms with E-state index in [1.54, 1.807) is 19.0 Å². The summed E-state index contributed by atoms with van der Waals surface area (Å²) in [5.74, 6) is 0.673. The molecule has 2 amide bonds. The number of nitrogens with zero attached hydrogens (tertiary/aromatic N) is 1. The Bertz CT molecular complexity index is 585. The fourth-order valence-electron chi connectivity index (χ4n) is 3.85. The van der Waals surface area contributed by atoms with E-state index in [0.717, 1.165) is 24.1 Å². The molecule has 2 heterocycles. The smallest absolute Gasteiger partial charge is 0.226 e. The van der Waals surface area contributed by atoms with Gasteiger partial charge in [0.15, 0.2) is 0 Å². The van der Waals surface area contributed by atoms with E-state index in [1.165, 1.54) is 12.8 Å². The predicted octanol–water partition coefficient (Wildman–Crippen LogP) is 2.18. The van der Waals surface area contributed by atoms with Crippen molar-refractivity contribution in [3.8, 4) is 0 Å². The summed E-state index contributed by atoms with van der Waals surface area (Å²) in [6, 6.07) is 8.80. The lowest BCUT2D eigenvalue weighted by atomic mass is 9.89. The number of rotatable bonds is 5. The van der Waals surface area contributed by atoms with Crippen LogP contribution in [0, 0.1) is 5.92 Å². The van der Waals surface area contributed by atoms with Crippen LogP contribution in [0.2, 0.25) is 0 Å². The van der Waals surface area contributed by atoms with E-state index in [1.807, 2.05) is 24.3 Å². The molecule has 0 saturated carbocycles. The quantitative estimate of drug-likeness (QED) is 0.870. The Balaban J connectivity index is 1.48. The maximum absolute atomic E-state index is 12.3. The van der Waals surface area contributed by atoms with Gasteiger partial charge in [-0.2, -0.15) is 0 Å². The summed E-state index contributed by atoms with van der Waals surface area (Å²) >= 11 is 0. The number of anilines is 1. The third-order valence-electron chi connectivity index (χ3n) is 5.14. The lowest BCUT2D eigenvalue weighted by Gasteiger charge is -2.28. The highest BCUT2D eigenvalue weighted by molar-refractivity contribution is 5.91. The molecule has 2 saturated heterocycles. The normalized spacial score (nSPS) is 25.3. The lowest BCUT2D eigenvalue weighted by Crippen LogP contribution is -2.39. The number of benzene rings is 1. The third-order valence-corrected chi connectivity index (χ3v) is 5.14. The first-order valence-electron chi connectivity index (χ1n) is 8.84. The van der Waals surface area contributed by atoms with Crippen molar-refractivity contribution in [3.05, 3.63) is 29.8 Å². The second kappa shape index (κ2) is 7.34. The molecule has 1 aromatic rings. The molecule has 130 valence electrons. The van der Waals surface area contributed by atoms with Crippen LogP contribution in [0.1, 0.15) is 37.7 Å². The Morgan fingerprint density at radius 1 is 1.12 bits per heavy atom. The largest absolute Gasteiger partial charge is 0.349 e. The van der Waals surface area contributed by atoms with Crippen LogP contribution >= 0.6 is 0 Å². The van der Waals surface area contributed by atoms with E-state index in [0.29, 0.717) is 30.8 Å². The average molecular weight is 329 g/mol. The second-order valence-electron chi connectivity index (χ2n) is 7.39. The van der Waals surface area contributed by atoms with Crippen molar-refractivity contribution in [2.45, 2.75) is 50.6 Å². The molecule has 2 fully saturated rings. The number of carbonyl (C=O) groups is 2. The summed E-state index contributed by atoms with van der Waals surface area (Å²) in [7, 11) is 3.51. The monoisotopic (exact) mass is 329 g/mol. The van der Waals surface area contributed by atoms with Gasteiger partial charge in [0.2, 0.25) is 11.8 Å². The van der Waals surface area contributed by atoms with Crippen molar-refractivity contribution < 1.29 is 9.59 Å². The minimum absolute atomic E-state index is 0.0762. The average Bonchev–Trinajstić information content (AvgIpc) is 2.87. The number of likely N-dealkylation sites (N-methyl/N-ethyl adjacent to an activating group) is 1. The lowest BCUT2D eigenvalue weighted by molar-refractivity contribution is -0.128. The summed E-state index contributed by atoms with van der Waals surface area (Å²) in [5.41, 5.74) is 1.76. The van der Waals surface area contributed by atoms with Gasteiger partial charge < -0.3 is 15.5 Å². The zero-order valence-electron chi connectivity index (χ0n) is 14.5. The Kier molecular flexibility index (Phi) is 5.19. The van der Waals surface area contributed by atoms with Crippen molar-refractivity contribution in [1.82, 2.24) is 10.2 Å². The van der Waals surface area contributed by atoms with E-state index in [4.69, 9.17) is 0 Å². The Morgan fingerprint density at radius 3 is 2.33 bits per heavy atom. The second-order valence-corrected chi connectivity index (χ2v) is 7.39. The first-order valence-corrected chi connectivity index (χ1v) is 8.84. The fraction of sp³-hybridized carbons (Fsp3) is 0.579. The number of amides is 2. The van der Waals surface area contributed by atoms with E-state index >= 15 is 0 Å². The standard InChI is InChI=1S/C19H27N3O2/c1-22(2)19(24)12-13-3-5-15(6-4-13)21-18(23)11-14-9-16-7-8-17(10-14)20-16/h3-6,14,16-17,20H,7-12H2,1-2H3,(H,21,23). The molecule has 0 radical (unpaired) electrons. The topological polar surface area (TPSA) is 61.4 Å². The molecule has 5 heteroatoms. The van der Waals surface area contributed by atoms with Gasteiger partial charge in [-0.05, 0) is 49.3 Å². The van der Waals surface area contributed by atoms with E-state index < -0.39 is 0 Å². The van der Waals surface area contributed by atoms with Gasteiger partial charge in [0.1, 0.15) is 0 Å². The molecular formula is C19H27N3O2. The molecule has 24 heavy (non-hydrogen) atoms. The minimum atomic E-state index is 0.0762. The van der Waals surface area contributed by atoms with Crippen LogP contribution in [0.25, 0.3) is 0 Å². The highest BCUT2D eigenvalue weighted by Crippen LogP contribution is 2.32. The van der Waals surface area contributed by atoms with Gasteiger partial charge in [-0.1, -0.05) is 12.1 Å². The van der Waals surface area contributed by atoms with Crippen LogP contribution in [-0.4, -0.2) is 42.9 Å². The van der Waals surface area contributed by atoms with Crippen LogP contribution in [0.3, 0.4) is 0 Å². The van der Waals surface area contributed by atoms with Gasteiger partial charge in [-0.3, -0.25) is 9.59 Å². The highest BCUT2D eigenvalue weighted by Gasteiger charge is 2.34. The molecule has 0 spiro atoms. The van der Waals surface area contributed by atoms with E-state index in [9.17, 15) is 9.59 Å². The Labute approximate surface area is 143 Å². The third kappa shape index (κ3) is 4.35. The Hall–Kier alpha value is -1.88. The molecule has 2 bridgehead atoms. The number of hydrogen-bond acceptors (Lipinski definition) is 3. The van der Waals surface area contributed by atoms with Gasteiger partial charge in [-0.25, -0.2) is 0 Å². The van der Waals surface area contributed by atoms with Crippen LogP contribution < -0.4 is 10.6 Å². The zero-order valence-corrected chi connectivity index (χ0v) is 14.5. The number of fused-ring (bicyclic) bond motifs is 2. The SMILES string of the molecule is CN(C)C(=O)Cc1ccc(NC(=O)CC2CC3CCC(C2)N3)cc1. The van der Waals surface area contributed by atoms with Gasteiger partial charge >= 0.3 is 0 Å². The predicted molar refractivity (Wildman–Crippen MR) is 94.8 cm³/mol. The van der Waals surface area contributed by atoms with Crippen molar-refractivity contribution in [3.63, 3.8) is 0 Å². The molecular weight excluding hydrogens is 302 g/mol. The highest BCUT2D eigenvalue weighted by atomic mass is 16.2. The van der Waals surface area contributed by atoms with Gasteiger partial charge in [0.05, 0.1) is 6.42 Å². The number of carbonyl (C=O) groups excluding carboxylic acids is 2. The van der Waals surface area contributed by atoms with Crippen LogP contribution in [0.4, 0.5) is 5.69 Å². The zero-order chi connectivity index (χ0) is 17.1. The first-order chi connectivity index (χ1) is 11.5. The Morgan fingerprint density at radius 2 is 1.75 bits per heavy atom. The van der Waals surface area contributed by atoms with E-state index in [-0.39, 0.29) is 11.8 Å². The van der Waals surface area contributed by atoms with Gasteiger partial charge in [0.25, 0.3) is 0 Å². The molecule has 2 aliphatic rings. The molecule has 1 aromatic carbocycles. The molecule has 2 N–H and O–H groups in total. The number of hydrogen-bond donors (Lipinski definition) is 2. The number of nitrogens with one attached hydrogen (secondary N) is 2. The van der Waals surface area contributed by atoms with Gasteiger partial charge in [-0.15, -0.1) is 0 Å². The molecule has 2 unspecified atom stereocenters. The number of piperidine rings is 1. The van der Waals surface area contributed by atoms with Gasteiger partial charge in [0, 0.05) is 38.3 Å². The maximum atomic E-state index is 12.3. The summed E-state index contributed by atoms with van der Waals surface area (Å²) in [6.45, 7) is 0. The summed E-state index contributed by atoms with van der Waals surface area (Å²) < 4.78 is 0. The van der Waals surface area contributed by atoms with Crippen LogP contribution in [0.15, 0.2) is 24.3 Å².